The van der Waals surface area contributed by atoms with Crippen LogP contribution in [0.5, 0.6) is 5.75 Å². The number of piperidine rings is 1. The maximum atomic E-state index is 13.5. The van der Waals surface area contributed by atoms with E-state index in [0.717, 1.165) is 55.8 Å². The van der Waals surface area contributed by atoms with Gasteiger partial charge in [-0.1, -0.05) is 36.4 Å². The summed E-state index contributed by atoms with van der Waals surface area (Å²) in [5.41, 5.74) is 3.07. The summed E-state index contributed by atoms with van der Waals surface area (Å²) in [6, 6.07) is 16.7. The molecule has 2 aromatic rings. The van der Waals surface area contributed by atoms with E-state index in [1.165, 1.54) is 18.4 Å². The molecule has 2 aliphatic rings. The fourth-order valence-electron chi connectivity index (χ4n) is 5.16. The second-order valence-corrected chi connectivity index (χ2v) is 9.48. The Kier molecular flexibility index (Phi) is 7.48. The zero-order valence-corrected chi connectivity index (χ0v) is 19.4. The quantitative estimate of drug-likeness (QED) is 0.708. The molecule has 2 heterocycles. The molecular formula is C27H36N2O3. The first-order valence-corrected chi connectivity index (χ1v) is 11.9. The Labute approximate surface area is 192 Å². The summed E-state index contributed by atoms with van der Waals surface area (Å²) in [6.07, 6.45) is 4.69. The van der Waals surface area contributed by atoms with Crippen LogP contribution in [0.1, 0.15) is 31.2 Å². The number of ether oxygens (including phenoxy) is 2. The maximum absolute atomic E-state index is 13.5. The van der Waals surface area contributed by atoms with Crippen molar-refractivity contribution >= 4 is 5.91 Å². The van der Waals surface area contributed by atoms with Gasteiger partial charge in [0.05, 0.1) is 12.5 Å². The van der Waals surface area contributed by atoms with Crippen molar-refractivity contribution < 1.29 is 14.3 Å². The fraction of sp³-hybridized carbons (Fsp3) is 0.519. The third-order valence-corrected chi connectivity index (χ3v) is 7.08. The van der Waals surface area contributed by atoms with Gasteiger partial charge < -0.3 is 19.7 Å². The second-order valence-electron chi connectivity index (χ2n) is 9.48. The van der Waals surface area contributed by atoms with Crippen LogP contribution in [-0.4, -0.2) is 57.8 Å². The van der Waals surface area contributed by atoms with Gasteiger partial charge in [0.15, 0.2) is 0 Å². The van der Waals surface area contributed by atoms with Gasteiger partial charge >= 0.3 is 0 Å². The van der Waals surface area contributed by atoms with Crippen LogP contribution in [0, 0.1) is 11.3 Å². The van der Waals surface area contributed by atoms with Gasteiger partial charge in [0.25, 0.3) is 0 Å². The number of benzene rings is 2. The van der Waals surface area contributed by atoms with Gasteiger partial charge in [-0.15, -0.1) is 0 Å². The van der Waals surface area contributed by atoms with Crippen molar-refractivity contribution in [2.24, 2.45) is 11.3 Å². The highest BCUT2D eigenvalue weighted by Crippen LogP contribution is 2.36. The number of nitrogens with zero attached hydrogens (tertiary/aromatic N) is 1. The van der Waals surface area contributed by atoms with Crippen LogP contribution in [0.2, 0.25) is 0 Å². The van der Waals surface area contributed by atoms with Crippen molar-refractivity contribution in [1.82, 2.24) is 10.2 Å². The van der Waals surface area contributed by atoms with Crippen LogP contribution >= 0.6 is 0 Å². The first-order chi connectivity index (χ1) is 15.6. The van der Waals surface area contributed by atoms with Crippen molar-refractivity contribution in [3.63, 3.8) is 0 Å². The van der Waals surface area contributed by atoms with E-state index in [-0.39, 0.29) is 5.91 Å². The maximum Gasteiger partial charge on any atom is 0.226 e. The molecule has 1 amide bonds. The van der Waals surface area contributed by atoms with Gasteiger partial charge in [0.2, 0.25) is 5.91 Å². The van der Waals surface area contributed by atoms with Gasteiger partial charge in [-0.3, -0.25) is 4.79 Å². The Morgan fingerprint density at radius 2 is 1.91 bits per heavy atom. The topological polar surface area (TPSA) is 50.8 Å². The Bertz CT molecular complexity index is 907. The minimum atomic E-state index is -0.397. The van der Waals surface area contributed by atoms with E-state index in [2.05, 4.69) is 53.7 Å². The Morgan fingerprint density at radius 1 is 1.16 bits per heavy atom. The van der Waals surface area contributed by atoms with Crippen LogP contribution in [-0.2, 0) is 16.0 Å². The molecule has 0 aliphatic carbocycles. The van der Waals surface area contributed by atoms with Gasteiger partial charge in [-0.05, 0) is 80.4 Å². The highest BCUT2D eigenvalue weighted by atomic mass is 16.5. The number of amides is 1. The summed E-state index contributed by atoms with van der Waals surface area (Å²) >= 11 is 0. The number of likely N-dealkylation sites (tertiary alicyclic amines) is 1. The molecule has 172 valence electrons. The Hall–Kier alpha value is -2.37. The van der Waals surface area contributed by atoms with Crippen LogP contribution in [0.4, 0.5) is 0 Å². The first-order valence-electron chi connectivity index (χ1n) is 11.9. The summed E-state index contributed by atoms with van der Waals surface area (Å²) in [5, 5.41) is 3.33. The van der Waals surface area contributed by atoms with Gasteiger partial charge in [-0.25, -0.2) is 0 Å². The molecule has 32 heavy (non-hydrogen) atoms. The Balaban J connectivity index is 1.49. The van der Waals surface area contributed by atoms with E-state index < -0.39 is 5.41 Å². The molecule has 0 unspecified atom stereocenters. The highest BCUT2D eigenvalue weighted by molar-refractivity contribution is 5.83. The van der Waals surface area contributed by atoms with Crippen LogP contribution in [0.3, 0.4) is 0 Å². The molecule has 2 aromatic carbocycles. The van der Waals surface area contributed by atoms with Crippen molar-refractivity contribution in [2.45, 2.75) is 32.1 Å². The lowest BCUT2D eigenvalue weighted by atomic mass is 9.74. The summed E-state index contributed by atoms with van der Waals surface area (Å²) < 4.78 is 11.0. The van der Waals surface area contributed by atoms with Crippen molar-refractivity contribution in [3.05, 3.63) is 54.1 Å². The van der Waals surface area contributed by atoms with Gasteiger partial charge in [0, 0.05) is 26.3 Å². The van der Waals surface area contributed by atoms with E-state index in [9.17, 15) is 4.79 Å². The molecule has 0 saturated carbocycles. The van der Waals surface area contributed by atoms with E-state index in [4.69, 9.17) is 9.47 Å². The lowest BCUT2D eigenvalue weighted by Crippen LogP contribution is -2.48. The fourth-order valence-corrected chi connectivity index (χ4v) is 5.16. The average Bonchev–Trinajstić information content (AvgIpc) is 2.83. The molecule has 5 heteroatoms. The SMILES string of the molecule is COc1cccc(-c2cccc(CC3(C(=O)NC[C@H]4CCCN(C)C4)CCOCC3)c2)c1. The number of hydrogen-bond acceptors (Lipinski definition) is 4. The molecule has 1 N–H and O–H groups in total. The molecule has 1 atom stereocenters. The molecule has 5 nitrogen and oxygen atoms in total. The lowest BCUT2D eigenvalue weighted by molar-refractivity contribution is -0.137. The summed E-state index contributed by atoms with van der Waals surface area (Å²) in [4.78, 5) is 15.9. The van der Waals surface area contributed by atoms with Crippen LogP contribution in [0.25, 0.3) is 11.1 Å². The molecular weight excluding hydrogens is 400 g/mol. The van der Waals surface area contributed by atoms with E-state index >= 15 is 0 Å². The third kappa shape index (κ3) is 5.51. The summed E-state index contributed by atoms with van der Waals surface area (Å²) in [6.45, 7) is 4.30. The number of carbonyl (C=O) groups is 1. The molecule has 4 rings (SSSR count). The first kappa shape index (κ1) is 22.8. The number of rotatable bonds is 7. The predicted octanol–water partition coefficient (Wildman–Crippen LogP) is 4.16. The molecule has 2 saturated heterocycles. The zero-order valence-electron chi connectivity index (χ0n) is 19.4. The Morgan fingerprint density at radius 3 is 2.66 bits per heavy atom. The molecule has 0 spiro atoms. The minimum Gasteiger partial charge on any atom is -0.497 e. The van der Waals surface area contributed by atoms with E-state index in [0.29, 0.717) is 19.1 Å². The second kappa shape index (κ2) is 10.5. The largest absolute Gasteiger partial charge is 0.497 e. The highest BCUT2D eigenvalue weighted by Gasteiger charge is 2.40. The van der Waals surface area contributed by atoms with Gasteiger partial charge in [0.1, 0.15) is 5.75 Å². The molecule has 0 bridgehead atoms. The molecule has 0 aromatic heterocycles. The van der Waals surface area contributed by atoms with Crippen molar-refractivity contribution in [3.8, 4) is 16.9 Å². The summed E-state index contributed by atoms with van der Waals surface area (Å²) in [5.74, 6) is 1.59. The minimum absolute atomic E-state index is 0.195. The molecule has 2 fully saturated rings. The smallest absolute Gasteiger partial charge is 0.226 e. The monoisotopic (exact) mass is 436 g/mol. The zero-order chi connectivity index (χ0) is 22.4. The predicted molar refractivity (Wildman–Crippen MR) is 128 cm³/mol. The summed E-state index contributed by atoms with van der Waals surface area (Å²) in [7, 11) is 3.86. The van der Waals surface area contributed by atoms with Crippen LogP contribution in [0.15, 0.2) is 48.5 Å². The molecule has 0 radical (unpaired) electrons. The third-order valence-electron chi connectivity index (χ3n) is 7.08. The normalized spacial score (nSPS) is 21.1. The number of carbonyl (C=O) groups excluding carboxylic acids is 1. The van der Waals surface area contributed by atoms with Crippen molar-refractivity contribution in [2.75, 3.05) is 47.0 Å². The van der Waals surface area contributed by atoms with Gasteiger partial charge in [-0.2, -0.15) is 0 Å². The van der Waals surface area contributed by atoms with Crippen molar-refractivity contribution in [1.29, 1.82) is 0 Å². The number of hydrogen-bond donors (Lipinski definition) is 1. The lowest BCUT2D eigenvalue weighted by Gasteiger charge is -2.37. The standard InChI is InChI=1S/C27H36N2O3/c1-29-13-5-7-22(20-29)19-28-26(30)27(11-14-32-15-12-27)18-21-6-3-8-23(16-21)24-9-4-10-25(17-24)31-2/h3-4,6,8-10,16-17,22H,5,7,11-15,18-20H2,1-2H3,(H,28,30)/t22-/m1/s1. The van der Waals surface area contributed by atoms with E-state index in [1.54, 1.807) is 7.11 Å². The number of methoxy groups -OCH3 is 1. The average molecular weight is 437 g/mol. The van der Waals surface area contributed by atoms with E-state index in [1.807, 2.05) is 12.1 Å². The number of nitrogens with one attached hydrogen (secondary N) is 1. The van der Waals surface area contributed by atoms with Crippen LogP contribution < -0.4 is 10.1 Å². The molecule has 2 aliphatic heterocycles.